The van der Waals surface area contributed by atoms with Crippen molar-refractivity contribution in [2.75, 3.05) is 7.05 Å². The lowest BCUT2D eigenvalue weighted by Crippen LogP contribution is -2.17. The maximum Gasteiger partial charge on any atom is 0.0680 e. The average molecular weight is 410 g/mol. The Labute approximate surface area is 133 Å². The van der Waals surface area contributed by atoms with Crippen LogP contribution in [0.5, 0.6) is 0 Å². The molecule has 0 aliphatic rings. The standard InChI is InChI=1S/C13H12Br2ClNS/c1-7-11(15)6-12(18-7)13(17-2)9-5-8(16)3-4-10(9)14/h3-6,13,17H,1-2H3. The molecule has 1 N–H and O–H groups in total. The van der Waals surface area contributed by atoms with Gasteiger partial charge < -0.3 is 5.32 Å². The van der Waals surface area contributed by atoms with E-state index in [1.807, 2.05) is 25.2 Å². The number of aryl methyl sites for hydroxylation is 1. The fraction of sp³-hybridized carbons (Fsp3) is 0.231. The maximum absolute atomic E-state index is 6.09. The molecule has 0 fully saturated rings. The summed E-state index contributed by atoms with van der Waals surface area (Å²) < 4.78 is 2.22. The molecule has 0 aliphatic heterocycles. The highest BCUT2D eigenvalue weighted by molar-refractivity contribution is 9.10. The van der Waals surface area contributed by atoms with Gasteiger partial charge in [-0.05, 0) is 59.7 Å². The Morgan fingerprint density at radius 1 is 1.22 bits per heavy atom. The van der Waals surface area contributed by atoms with Crippen LogP contribution in [0.2, 0.25) is 5.02 Å². The summed E-state index contributed by atoms with van der Waals surface area (Å²) in [5.74, 6) is 0. The molecule has 0 spiro atoms. The first kappa shape index (κ1) is 14.5. The van der Waals surface area contributed by atoms with Gasteiger partial charge in [-0.1, -0.05) is 27.5 Å². The van der Waals surface area contributed by atoms with Gasteiger partial charge in [0.2, 0.25) is 0 Å². The molecule has 1 aromatic carbocycles. The lowest BCUT2D eigenvalue weighted by atomic mass is 10.1. The van der Waals surface area contributed by atoms with E-state index in [9.17, 15) is 0 Å². The SMILES string of the molecule is CNC(c1cc(Br)c(C)s1)c1cc(Cl)ccc1Br. The lowest BCUT2D eigenvalue weighted by Gasteiger charge is -2.17. The van der Waals surface area contributed by atoms with E-state index in [2.05, 4.69) is 50.2 Å². The second kappa shape index (κ2) is 6.06. The van der Waals surface area contributed by atoms with E-state index in [1.165, 1.54) is 9.75 Å². The van der Waals surface area contributed by atoms with Gasteiger partial charge in [0.25, 0.3) is 0 Å². The summed E-state index contributed by atoms with van der Waals surface area (Å²) in [7, 11) is 1.96. The molecule has 96 valence electrons. The van der Waals surface area contributed by atoms with Gasteiger partial charge in [-0.3, -0.25) is 0 Å². The molecule has 2 aromatic rings. The molecule has 0 amide bonds. The lowest BCUT2D eigenvalue weighted by molar-refractivity contribution is 0.701. The van der Waals surface area contributed by atoms with Gasteiger partial charge in [0.05, 0.1) is 6.04 Å². The van der Waals surface area contributed by atoms with Crippen molar-refractivity contribution in [1.82, 2.24) is 5.32 Å². The number of halogens is 3. The van der Waals surface area contributed by atoms with Crippen LogP contribution < -0.4 is 5.32 Å². The van der Waals surface area contributed by atoms with Crippen molar-refractivity contribution in [2.24, 2.45) is 0 Å². The van der Waals surface area contributed by atoms with Crippen molar-refractivity contribution < 1.29 is 0 Å². The van der Waals surface area contributed by atoms with Crippen molar-refractivity contribution in [3.8, 4) is 0 Å². The van der Waals surface area contributed by atoms with E-state index >= 15 is 0 Å². The van der Waals surface area contributed by atoms with Crippen LogP contribution in [0.3, 0.4) is 0 Å². The quantitative estimate of drug-likeness (QED) is 0.701. The third-order valence-electron chi connectivity index (χ3n) is 2.72. The van der Waals surface area contributed by atoms with Gasteiger partial charge in [-0.15, -0.1) is 11.3 Å². The molecule has 0 saturated carbocycles. The largest absolute Gasteiger partial charge is 0.309 e. The molecule has 5 heteroatoms. The van der Waals surface area contributed by atoms with Crippen LogP contribution in [0.25, 0.3) is 0 Å². The van der Waals surface area contributed by atoms with E-state index < -0.39 is 0 Å². The molecule has 0 aliphatic carbocycles. The molecular formula is C13H12Br2ClNS. The Morgan fingerprint density at radius 2 is 1.94 bits per heavy atom. The minimum atomic E-state index is 0.146. The van der Waals surface area contributed by atoms with E-state index in [0.717, 1.165) is 19.5 Å². The zero-order valence-electron chi connectivity index (χ0n) is 9.93. The van der Waals surface area contributed by atoms with Crippen molar-refractivity contribution in [3.05, 3.63) is 53.6 Å². The predicted molar refractivity (Wildman–Crippen MR) is 86.8 cm³/mol. The van der Waals surface area contributed by atoms with Crippen LogP contribution in [0, 0.1) is 6.92 Å². The smallest absolute Gasteiger partial charge is 0.0680 e. The Hall–Kier alpha value is 0.130. The van der Waals surface area contributed by atoms with Gasteiger partial charge in [-0.2, -0.15) is 0 Å². The summed E-state index contributed by atoms with van der Waals surface area (Å²) >= 11 is 15.0. The highest BCUT2D eigenvalue weighted by Gasteiger charge is 2.18. The van der Waals surface area contributed by atoms with Crippen LogP contribution >= 0.6 is 54.8 Å². The summed E-state index contributed by atoms with van der Waals surface area (Å²) in [6.07, 6.45) is 0. The molecule has 1 aromatic heterocycles. The van der Waals surface area contributed by atoms with E-state index in [4.69, 9.17) is 11.6 Å². The molecule has 0 radical (unpaired) electrons. The summed E-state index contributed by atoms with van der Waals surface area (Å²) in [6.45, 7) is 2.11. The molecule has 18 heavy (non-hydrogen) atoms. The van der Waals surface area contributed by atoms with E-state index in [0.29, 0.717) is 0 Å². The van der Waals surface area contributed by atoms with Crippen molar-refractivity contribution in [1.29, 1.82) is 0 Å². The van der Waals surface area contributed by atoms with E-state index in [1.54, 1.807) is 11.3 Å². The first-order valence-corrected chi connectivity index (χ1v) is 8.19. The Balaban J connectivity index is 2.48. The zero-order chi connectivity index (χ0) is 13.3. The van der Waals surface area contributed by atoms with Gasteiger partial charge in [0, 0.05) is 23.7 Å². The highest BCUT2D eigenvalue weighted by Crippen LogP contribution is 2.36. The molecule has 1 heterocycles. The molecule has 1 atom stereocenters. The average Bonchev–Trinajstić information content (AvgIpc) is 2.65. The van der Waals surface area contributed by atoms with Gasteiger partial charge >= 0.3 is 0 Å². The number of benzene rings is 1. The second-order valence-electron chi connectivity index (χ2n) is 3.94. The molecule has 1 nitrogen and oxygen atoms in total. The maximum atomic E-state index is 6.09. The monoisotopic (exact) mass is 407 g/mol. The summed E-state index contributed by atoms with van der Waals surface area (Å²) in [5.41, 5.74) is 1.15. The third kappa shape index (κ3) is 2.99. The van der Waals surface area contributed by atoms with Crippen LogP contribution in [-0.2, 0) is 0 Å². The minimum absolute atomic E-state index is 0.146. The first-order valence-electron chi connectivity index (χ1n) is 5.41. The van der Waals surface area contributed by atoms with Crippen LogP contribution in [0.4, 0.5) is 0 Å². The molecule has 0 bridgehead atoms. The van der Waals surface area contributed by atoms with Gasteiger partial charge in [0.15, 0.2) is 0 Å². The zero-order valence-corrected chi connectivity index (χ0v) is 14.7. The van der Waals surface area contributed by atoms with E-state index in [-0.39, 0.29) is 6.04 Å². The highest BCUT2D eigenvalue weighted by atomic mass is 79.9. The minimum Gasteiger partial charge on any atom is -0.309 e. The van der Waals surface area contributed by atoms with Crippen molar-refractivity contribution >= 4 is 54.8 Å². The van der Waals surface area contributed by atoms with Crippen molar-refractivity contribution in [2.45, 2.75) is 13.0 Å². The van der Waals surface area contributed by atoms with Crippen LogP contribution in [0.1, 0.15) is 21.4 Å². The molecular weight excluding hydrogens is 397 g/mol. The summed E-state index contributed by atoms with van der Waals surface area (Å²) in [6, 6.07) is 8.17. The number of hydrogen-bond donors (Lipinski definition) is 1. The van der Waals surface area contributed by atoms with Crippen LogP contribution in [-0.4, -0.2) is 7.05 Å². The number of thiophene rings is 1. The topological polar surface area (TPSA) is 12.0 Å². The number of nitrogens with one attached hydrogen (secondary N) is 1. The molecule has 0 saturated heterocycles. The third-order valence-corrected chi connectivity index (χ3v) is 5.88. The fourth-order valence-electron chi connectivity index (χ4n) is 1.81. The molecule has 1 unspecified atom stereocenters. The fourth-order valence-corrected chi connectivity index (χ4v) is 4.16. The molecule has 2 rings (SSSR count). The number of hydrogen-bond acceptors (Lipinski definition) is 2. The second-order valence-corrected chi connectivity index (χ2v) is 7.37. The normalized spacial score (nSPS) is 12.7. The predicted octanol–water partition coefficient (Wildman–Crippen LogP) is 5.54. The first-order chi connectivity index (χ1) is 8.52. The van der Waals surface area contributed by atoms with Gasteiger partial charge in [-0.25, -0.2) is 0 Å². The summed E-state index contributed by atoms with van der Waals surface area (Å²) in [5, 5.41) is 4.09. The van der Waals surface area contributed by atoms with Crippen LogP contribution in [0.15, 0.2) is 33.2 Å². The number of rotatable bonds is 3. The Kier molecular flexibility index (Phi) is 4.89. The summed E-state index contributed by atoms with van der Waals surface area (Å²) in [4.78, 5) is 2.55. The van der Waals surface area contributed by atoms with Gasteiger partial charge in [0.1, 0.15) is 0 Å². The Bertz CT molecular complexity index is 549. The van der Waals surface area contributed by atoms with Crippen molar-refractivity contribution in [3.63, 3.8) is 0 Å². The Morgan fingerprint density at radius 3 is 2.50 bits per heavy atom.